The molecule has 8 nitrogen and oxygen atoms in total. The van der Waals surface area contributed by atoms with Crippen molar-refractivity contribution in [3.8, 4) is 0 Å². The molecule has 2 rings (SSSR count). The van der Waals surface area contributed by atoms with E-state index in [0.29, 0.717) is 5.92 Å². The van der Waals surface area contributed by atoms with Crippen molar-refractivity contribution < 1.29 is 14.4 Å². The van der Waals surface area contributed by atoms with Gasteiger partial charge in [-0.1, -0.05) is 13.8 Å². The van der Waals surface area contributed by atoms with E-state index in [1.807, 2.05) is 19.9 Å². The molecule has 0 unspecified atom stereocenters. The fourth-order valence-corrected chi connectivity index (χ4v) is 3.07. The molecule has 0 aliphatic carbocycles. The van der Waals surface area contributed by atoms with Gasteiger partial charge in [-0.05, 0) is 39.7 Å². The van der Waals surface area contributed by atoms with E-state index in [-0.39, 0.29) is 24.8 Å². The molecule has 1 aromatic rings. The highest BCUT2D eigenvalue weighted by atomic mass is 16.2. The van der Waals surface area contributed by atoms with Crippen LogP contribution in [0.5, 0.6) is 0 Å². The van der Waals surface area contributed by atoms with Crippen LogP contribution in [0, 0.1) is 19.8 Å². The zero-order valence-electron chi connectivity index (χ0n) is 16.9. The van der Waals surface area contributed by atoms with Crippen molar-refractivity contribution in [2.45, 2.75) is 60.0 Å². The topological polar surface area (TPSA) is 95.8 Å². The number of amides is 4. The zero-order chi connectivity index (χ0) is 20.4. The number of carbonyl (C=O) groups is 3. The van der Waals surface area contributed by atoms with Crippen LogP contribution in [0.25, 0.3) is 0 Å². The largest absolute Gasteiger partial charge is 0.348 e. The van der Waals surface area contributed by atoms with Crippen LogP contribution in [0.1, 0.15) is 51.1 Å². The van der Waals surface area contributed by atoms with Crippen molar-refractivity contribution in [3.05, 3.63) is 23.0 Å². The van der Waals surface area contributed by atoms with E-state index in [1.165, 1.54) is 0 Å². The van der Waals surface area contributed by atoms with Crippen molar-refractivity contribution in [2.75, 3.05) is 6.54 Å². The standard InChI is InChI=1S/C19H29N5O3/c1-12(2)11-24-13(3)9-15(14(24)4)10-20-22-16(25)7-8-23-17(26)19(5,6)21-18(23)27/h9-10,12H,7-8,11H2,1-6H3,(H,21,27)(H,22,25)/b20-10-. The van der Waals surface area contributed by atoms with Crippen LogP contribution in [0.15, 0.2) is 11.2 Å². The fourth-order valence-electron chi connectivity index (χ4n) is 3.07. The SMILES string of the molecule is Cc1cc(/C=N\NC(=O)CCN2C(=O)NC(C)(C)C2=O)c(C)n1CC(C)C. The van der Waals surface area contributed by atoms with Gasteiger partial charge in [0.1, 0.15) is 5.54 Å². The van der Waals surface area contributed by atoms with E-state index in [2.05, 4.69) is 34.3 Å². The Hall–Kier alpha value is -2.64. The first kappa shape index (κ1) is 20.7. The number of aromatic nitrogens is 1. The summed E-state index contributed by atoms with van der Waals surface area (Å²) in [5, 5.41) is 6.59. The average Bonchev–Trinajstić information content (AvgIpc) is 2.92. The summed E-state index contributed by atoms with van der Waals surface area (Å²) < 4.78 is 2.23. The van der Waals surface area contributed by atoms with E-state index < -0.39 is 11.6 Å². The number of carbonyl (C=O) groups excluding carboxylic acids is 3. The number of rotatable bonds is 7. The molecule has 2 N–H and O–H groups in total. The summed E-state index contributed by atoms with van der Waals surface area (Å²) in [6.45, 7) is 12.6. The van der Waals surface area contributed by atoms with E-state index in [1.54, 1.807) is 20.1 Å². The lowest BCUT2D eigenvalue weighted by Gasteiger charge is -2.15. The second kappa shape index (κ2) is 7.94. The Morgan fingerprint density at radius 3 is 2.56 bits per heavy atom. The Morgan fingerprint density at radius 2 is 2.00 bits per heavy atom. The molecule has 0 aromatic carbocycles. The van der Waals surface area contributed by atoms with Crippen molar-refractivity contribution in [1.82, 2.24) is 20.2 Å². The smallest absolute Gasteiger partial charge is 0.325 e. The van der Waals surface area contributed by atoms with Crippen LogP contribution in [-0.4, -0.2) is 45.6 Å². The van der Waals surface area contributed by atoms with Gasteiger partial charge in [-0.15, -0.1) is 0 Å². The third-order valence-corrected chi connectivity index (χ3v) is 4.56. The van der Waals surface area contributed by atoms with Crippen LogP contribution < -0.4 is 10.7 Å². The second-order valence-corrected chi connectivity index (χ2v) is 7.89. The molecule has 148 valence electrons. The van der Waals surface area contributed by atoms with Crippen molar-refractivity contribution >= 4 is 24.1 Å². The van der Waals surface area contributed by atoms with Crippen molar-refractivity contribution in [1.29, 1.82) is 0 Å². The maximum atomic E-state index is 12.1. The summed E-state index contributed by atoms with van der Waals surface area (Å²) in [4.78, 5) is 36.9. The second-order valence-electron chi connectivity index (χ2n) is 7.89. The number of aryl methyl sites for hydroxylation is 1. The summed E-state index contributed by atoms with van der Waals surface area (Å²) in [7, 11) is 0. The molecule has 1 aliphatic rings. The zero-order valence-corrected chi connectivity index (χ0v) is 16.9. The number of hydrogen-bond acceptors (Lipinski definition) is 4. The molecule has 4 amide bonds. The molecule has 0 spiro atoms. The average molecular weight is 375 g/mol. The molecule has 27 heavy (non-hydrogen) atoms. The van der Waals surface area contributed by atoms with Gasteiger partial charge in [-0.2, -0.15) is 5.10 Å². The maximum absolute atomic E-state index is 12.1. The predicted molar refractivity (Wildman–Crippen MR) is 103 cm³/mol. The van der Waals surface area contributed by atoms with Gasteiger partial charge < -0.3 is 9.88 Å². The first-order valence-corrected chi connectivity index (χ1v) is 9.15. The third-order valence-electron chi connectivity index (χ3n) is 4.56. The molecule has 1 fully saturated rings. The molecule has 0 atom stereocenters. The molecule has 1 aromatic heterocycles. The lowest BCUT2D eigenvalue weighted by atomic mass is 10.1. The van der Waals surface area contributed by atoms with E-state index in [4.69, 9.17) is 0 Å². The van der Waals surface area contributed by atoms with E-state index in [0.717, 1.165) is 28.4 Å². The Morgan fingerprint density at radius 1 is 1.33 bits per heavy atom. The van der Waals surface area contributed by atoms with Gasteiger partial charge in [-0.3, -0.25) is 14.5 Å². The highest BCUT2D eigenvalue weighted by molar-refractivity contribution is 6.06. The maximum Gasteiger partial charge on any atom is 0.325 e. The van der Waals surface area contributed by atoms with Crippen LogP contribution in [0.2, 0.25) is 0 Å². The van der Waals surface area contributed by atoms with Gasteiger partial charge in [0.15, 0.2) is 0 Å². The lowest BCUT2D eigenvalue weighted by Crippen LogP contribution is -2.40. The van der Waals surface area contributed by atoms with Crippen molar-refractivity contribution in [3.63, 3.8) is 0 Å². The summed E-state index contributed by atoms with van der Waals surface area (Å²) in [6.07, 6.45) is 1.62. The van der Waals surface area contributed by atoms with Crippen LogP contribution in [-0.2, 0) is 16.1 Å². The van der Waals surface area contributed by atoms with Crippen LogP contribution in [0.3, 0.4) is 0 Å². The molecule has 0 radical (unpaired) electrons. The monoisotopic (exact) mass is 375 g/mol. The fraction of sp³-hybridized carbons (Fsp3) is 0.579. The Kier molecular flexibility index (Phi) is 6.08. The van der Waals surface area contributed by atoms with Crippen molar-refractivity contribution in [2.24, 2.45) is 11.0 Å². The number of urea groups is 1. The lowest BCUT2D eigenvalue weighted by molar-refractivity contribution is -0.130. The van der Waals surface area contributed by atoms with Gasteiger partial charge in [-0.25, -0.2) is 10.2 Å². The first-order valence-electron chi connectivity index (χ1n) is 9.15. The molecule has 0 saturated carbocycles. The van der Waals surface area contributed by atoms with E-state index >= 15 is 0 Å². The minimum absolute atomic E-state index is 0.00104. The van der Waals surface area contributed by atoms with Crippen LogP contribution >= 0.6 is 0 Å². The highest BCUT2D eigenvalue weighted by Crippen LogP contribution is 2.17. The molecule has 1 saturated heterocycles. The minimum atomic E-state index is -0.926. The molecule has 1 aliphatic heterocycles. The molecule has 2 heterocycles. The Labute approximate surface area is 160 Å². The Bertz CT molecular complexity index is 777. The van der Waals surface area contributed by atoms with Gasteiger partial charge in [0.25, 0.3) is 5.91 Å². The first-order chi connectivity index (χ1) is 12.5. The number of nitrogens with one attached hydrogen (secondary N) is 2. The number of nitrogens with zero attached hydrogens (tertiary/aromatic N) is 3. The quantitative estimate of drug-likeness (QED) is 0.433. The summed E-state index contributed by atoms with van der Waals surface area (Å²) in [6, 6.07) is 1.56. The minimum Gasteiger partial charge on any atom is -0.348 e. The van der Waals surface area contributed by atoms with Gasteiger partial charge in [0.2, 0.25) is 5.91 Å². The molecule has 0 bridgehead atoms. The predicted octanol–water partition coefficient (Wildman–Crippen LogP) is 1.93. The molecular formula is C19H29N5O3. The number of hydrogen-bond donors (Lipinski definition) is 2. The highest BCUT2D eigenvalue weighted by Gasteiger charge is 2.43. The molecule has 8 heteroatoms. The third kappa shape index (κ3) is 4.75. The summed E-state index contributed by atoms with van der Waals surface area (Å²) >= 11 is 0. The number of imide groups is 1. The van der Waals surface area contributed by atoms with Gasteiger partial charge in [0.05, 0.1) is 6.21 Å². The summed E-state index contributed by atoms with van der Waals surface area (Å²) in [5.74, 6) is -0.149. The molecular weight excluding hydrogens is 346 g/mol. The summed E-state index contributed by atoms with van der Waals surface area (Å²) in [5.41, 5.74) is 4.72. The van der Waals surface area contributed by atoms with Gasteiger partial charge in [0, 0.05) is 36.5 Å². The van der Waals surface area contributed by atoms with Gasteiger partial charge >= 0.3 is 6.03 Å². The number of hydrazone groups is 1. The Balaban J connectivity index is 1.89. The van der Waals surface area contributed by atoms with E-state index in [9.17, 15) is 14.4 Å². The normalized spacial score (nSPS) is 16.5. The van der Waals surface area contributed by atoms with Crippen LogP contribution in [0.4, 0.5) is 4.79 Å².